The third-order valence-corrected chi connectivity index (χ3v) is 4.65. The smallest absolute Gasteiger partial charge is 0.217 e. The van der Waals surface area contributed by atoms with E-state index in [4.69, 9.17) is 4.98 Å². The summed E-state index contributed by atoms with van der Waals surface area (Å²) in [6, 6.07) is 14.0. The van der Waals surface area contributed by atoms with Crippen LogP contribution in [0.3, 0.4) is 0 Å². The molecule has 120 valence electrons. The van der Waals surface area contributed by atoms with Crippen LogP contribution in [0.2, 0.25) is 0 Å². The fraction of sp³-hybridized carbons (Fsp3) is 0.211. The summed E-state index contributed by atoms with van der Waals surface area (Å²) in [5.41, 5.74) is 5.98. The Balaban J connectivity index is 2.17. The number of nitroso groups, excluding NO2 is 1. The Bertz CT molecular complexity index is 1070. The Morgan fingerprint density at radius 1 is 1.04 bits per heavy atom. The molecular weight excluding hydrogens is 300 g/mol. The molecule has 0 unspecified atom stereocenters. The summed E-state index contributed by atoms with van der Waals surface area (Å²) in [5.74, 6) is 1.11. The monoisotopic (exact) mass is 318 g/mol. The van der Waals surface area contributed by atoms with Gasteiger partial charge in [-0.1, -0.05) is 30.3 Å². The molecule has 0 fully saturated rings. The molecule has 2 aromatic heterocycles. The van der Waals surface area contributed by atoms with Gasteiger partial charge in [0, 0.05) is 12.1 Å². The number of hydrogen-bond acceptors (Lipinski definition) is 3. The number of hydrogen-bond donors (Lipinski definition) is 0. The number of benzene rings is 2. The minimum Gasteiger partial charge on any atom is -0.310 e. The largest absolute Gasteiger partial charge is 0.310 e. The van der Waals surface area contributed by atoms with Crippen LogP contribution < -0.4 is 0 Å². The van der Waals surface area contributed by atoms with Crippen molar-refractivity contribution in [2.45, 2.75) is 27.3 Å². The Labute approximate surface area is 139 Å². The van der Waals surface area contributed by atoms with Crippen LogP contribution in [0.4, 0.5) is 5.82 Å². The maximum Gasteiger partial charge on any atom is 0.217 e. The summed E-state index contributed by atoms with van der Waals surface area (Å²) in [5, 5.41) is 3.32. The van der Waals surface area contributed by atoms with Crippen LogP contribution in [0.15, 0.2) is 47.6 Å². The van der Waals surface area contributed by atoms with Crippen molar-refractivity contribution in [2.75, 3.05) is 0 Å². The fourth-order valence-corrected chi connectivity index (χ4v) is 3.28. The van der Waals surface area contributed by atoms with Crippen molar-refractivity contribution in [3.63, 3.8) is 0 Å². The molecule has 24 heavy (non-hydrogen) atoms. The highest BCUT2D eigenvalue weighted by Gasteiger charge is 2.21. The molecule has 0 bridgehead atoms. The van der Waals surface area contributed by atoms with Crippen molar-refractivity contribution >= 4 is 22.6 Å². The summed E-state index contributed by atoms with van der Waals surface area (Å²) >= 11 is 0. The van der Waals surface area contributed by atoms with Crippen molar-refractivity contribution in [3.05, 3.63) is 58.5 Å². The van der Waals surface area contributed by atoms with Gasteiger partial charge in [-0.2, -0.15) is 0 Å². The van der Waals surface area contributed by atoms with Gasteiger partial charge in [0.15, 0.2) is 0 Å². The molecule has 5 heteroatoms. The fourth-order valence-electron chi connectivity index (χ4n) is 3.28. The highest BCUT2D eigenvalue weighted by Crippen LogP contribution is 2.35. The zero-order valence-corrected chi connectivity index (χ0v) is 13.9. The van der Waals surface area contributed by atoms with Crippen LogP contribution in [-0.2, 0) is 6.54 Å². The van der Waals surface area contributed by atoms with Gasteiger partial charge < -0.3 is 4.57 Å². The van der Waals surface area contributed by atoms with Gasteiger partial charge in [0.05, 0.1) is 11.0 Å². The molecule has 2 aromatic carbocycles. The molecule has 0 spiro atoms. The molecule has 0 atom stereocenters. The van der Waals surface area contributed by atoms with E-state index in [1.807, 2.05) is 34.7 Å². The maximum atomic E-state index is 11.6. The summed E-state index contributed by atoms with van der Waals surface area (Å²) in [7, 11) is 0. The second-order valence-corrected chi connectivity index (χ2v) is 6.05. The van der Waals surface area contributed by atoms with Crippen molar-refractivity contribution < 1.29 is 0 Å². The first-order chi connectivity index (χ1) is 11.7. The summed E-state index contributed by atoms with van der Waals surface area (Å²) in [4.78, 5) is 16.4. The van der Waals surface area contributed by atoms with Crippen molar-refractivity contribution in [2.24, 2.45) is 5.18 Å². The second kappa shape index (κ2) is 5.30. The van der Waals surface area contributed by atoms with E-state index in [1.165, 1.54) is 11.1 Å². The quantitative estimate of drug-likeness (QED) is 0.500. The van der Waals surface area contributed by atoms with E-state index in [-0.39, 0.29) is 0 Å². The van der Waals surface area contributed by atoms with Gasteiger partial charge in [0.2, 0.25) is 11.6 Å². The second-order valence-electron chi connectivity index (χ2n) is 6.05. The van der Waals surface area contributed by atoms with Crippen LogP contribution in [0, 0.1) is 18.8 Å². The first kappa shape index (κ1) is 14.6. The highest BCUT2D eigenvalue weighted by atomic mass is 16.3. The molecular formula is C19H18N4O. The van der Waals surface area contributed by atoms with Gasteiger partial charge in [0.1, 0.15) is 5.69 Å². The maximum absolute atomic E-state index is 11.6. The molecule has 0 aliphatic carbocycles. The standard InChI is InChI=1S/C19H18N4O/c1-4-22-15-10-12(2)13(3)11-16(15)23-18(21-24)17(20-19(22)23)14-8-6-5-7-9-14/h5-11H,4H2,1-3H3. The predicted octanol–water partition coefficient (Wildman–Crippen LogP) is 4.99. The summed E-state index contributed by atoms with van der Waals surface area (Å²) in [6.07, 6.45) is 0. The van der Waals surface area contributed by atoms with Gasteiger partial charge in [-0.3, -0.25) is 4.40 Å². The van der Waals surface area contributed by atoms with E-state index in [0.717, 1.165) is 28.9 Å². The Morgan fingerprint density at radius 3 is 2.33 bits per heavy atom. The molecule has 2 heterocycles. The minimum absolute atomic E-state index is 0.358. The third kappa shape index (κ3) is 1.91. The molecule has 4 rings (SSSR count). The first-order valence-corrected chi connectivity index (χ1v) is 8.06. The van der Waals surface area contributed by atoms with E-state index in [9.17, 15) is 4.91 Å². The van der Waals surface area contributed by atoms with Crippen molar-refractivity contribution in [1.29, 1.82) is 0 Å². The number of nitrogens with zero attached hydrogens (tertiary/aromatic N) is 4. The van der Waals surface area contributed by atoms with E-state index in [2.05, 4.69) is 42.6 Å². The number of aryl methyl sites for hydroxylation is 3. The van der Waals surface area contributed by atoms with Crippen LogP contribution in [0.1, 0.15) is 18.1 Å². The SMILES string of the molecule is CCn1c2cc(C)c(C)cc2n2c(N=O)c(-c3ccccc3)nc12. The van der Waals surface area contributed by atoms with E-state index in [0.29, 0.717) is 11.5 Å². The Kier molecular flexibility index (Phi) is 3.23. The predicted molar refractivity (Wildman–Crippen MR) is 96.7 cm³/mol. The van der Waals surface area contributed by atoms with Crippen molar-refractivity contribution in [1.82, 2.24) is 14.0 Å². The van der Waals surface area contributed by atoms with Gasteiger partial charge in [-0.05, 0) is 49.2 Å². The normalized spacial score (nSPS) is 11.5. The lowest BCUT2D eigenvalue weighted by molar-refractivity contribution is 0.807. The molecule has 0 saturated carbocycles. The molecule has 0 N–H and O–H groups in total. The molecule has 0 aliphatic heterocycles. The third-order valence-electron chi connectivity index (χ3n) is 4.65. The number of fused-ring (bicyclic) bond motifs is 3. The zero-order chi connectivity index (χ0) is 16.8. The lowest BCUT2D eigenvalue weighted by atomic mass is 10.1. The van der Waals surface area contributed by atoms with Gasteiger partial charge in [0.25, 0.3) is 0 Å². The van der Waals surface area contributed by atoms with E-state index < -0.39 is 0 Å². The van der Waals surface area contributed by atoms with Crippen LogP contribution in [0.5, 0.6) is 0 Å². The number of aromatic nitrogens is 3. The molecule has 4 aromatic rings. The van der Waals surface area contributed by atoms with E-state index in [1.54, 1.807) is 0 Å². The number of rotatable bonds is 3. The average Bonchev–Trinajstić information content (AvgIpc) is 3.10. The van der Waals surface area contributed by atoms with E-state index >= 15 is 0 Å². The lowest BCUT2D eigenvalue weighted by Gasteiger charge is -2.04. The summed E-state index contributed by atoms with van der Waals surface area (Å²) < 4.78 is 4.00. The molecule has 0 amide bonds. The molecule has 0 radical (unpaired) electrons. The first-order valence-electron chi connectivity index (χ1n) is 8.06. The summed E-state index contributed by atoms with van der Waals surface area (Å²) in [6.45, 7) is 7.03. The van der Waals surface area contributed by atoms with Crippen LogP contribution in [0.25, 0.3) is 28.1 Å². The van der Waals surface area contributed by atoms with Crippen LogP contribution in [-0.4, -0.2) is 14.0 Å². The Hall–Kier alpha value is -2.95. The molecule has 0 saturated heterocycles. The van der Waals surface area contributed by atoms with Crippen LogP contribution >= 0.6 is 0 Å². The van der Waals surface area contributed by atoms with Gasteiger partial charge in [-0.25, -0.2) is 4.98 Å². The Morgan fingerprint density at radius 2 is 1.71 bits per heavy atom. The molecule has 5 nitrogen and oxygen atoms in total. The van der Waals surface area contributed by atoms with Gasteiger partial charge in [-0.15, -0.1) is 4.91 Å². The number of imidazole rings is 2. The van der Waals surface area contributed by atoms with Gasteiger partial charge >= 0.3 is 0 Å². The van der Waals surface area contributed by atoms with Crippen molar-refractivity contribution in [3.8, 4) is 11.3 Å². The average molecular weight is 318 g/mol. The zero-order valence-electron chi connectivity index (χ0n) is 13.9. The minimum atomic E-state index is 0.358. The molecule has 0 aliphatic rings. The topological polar surface area (TPSA) is 51.7 Å². The highest BCUT2D eigenvalue weighted by molar-refractivity contribution is 5.87. The lowest BCUT2D eigenvalue weighted by Crippen LogP contribution is -1.95.